The van der Waals surface area contributed by atoms with Crippen LogP contribution in [0.1, 0.15) is 13.3 Å². The third kappa shape index (κ3) is 3.64. The predicted octanol–water partition coefficient (Wildman–Crippen LogP) is 2.74. The van der Waals surface area contributed by atoms with E-state index in [-0.39, 0.29) is 11.9 Å². The second-order valence-corrected chi connectivity index (χ2v) is 3.92. The highest BCUT2D eigenvalue weighted by Gasteiger charge is 2.03. The maximum Gasteiger partial charge on any atom is 0.133 e. The van der Waals surface area contributed by atoms with Crippen LogP contribution in [0.4, 0.5) is 4.39 Å². The molecule has 1 aromatic carbocycles. The van der Waals surface area contributed by atoms with E-state index in [0.717, 1.165) is 0 Å². The fourth-order valence-electron chi connectivity index (χ4n) is 0.932. The maximum atomic E-state index is 12.7. The molecule has 0 amide bonds. The smallest absolute Gasteiger partial charge is 0.133 e. The monoisotopic (exact) mass is 262 g/mol. The van der Waals surface area contributed by atoms with E-state index in [4.69, 9.17) is 9.84 Å². The SMILES string of the molecule is CC(O)CCOc1ccc(F)cc1Br. The van der Waals surface area contributed by atoms with Gasteiger partial charge in [0, 0.05) is 6.42 Å². The minimum Gasteiger partial charge on any atom is -0.492 e. The van der Waals surface area contributed by atoms with Crippen LogP contribution in [0.5, 0.6) is 5.75 Å². The first-order chi connectivity index (χ1) is 6.59. The van der Waals surface area contributed by atoms with Gasteiger partial charge in [-0.05, 0) is 41.1 Å². The summed E-state index contributed by atoms with van der Waals surface area (Å²) in [5.41, 5.74) is 0. The van der Waals surface area contributed by atoms with Gasteiger partial charge in [-0.2, -0.15) is 0 Å². The van der Waals surface area contributed by atoms with Gasteiger partial charge < -0.3 is 9.84 Å². The number of rotatable bonds is 4. The van der Waals surface area contributed by atoms with Crippen molar-refractivity contribution in [3.8, 4) is 5.75 Å². The van der Waals surface area contributed by atoms with Gasteiger partial charge in [0.15, 0.2) is 0 Å². The average molecular weight is 263 g/mol. The van der Waals surface area contributed by atoms with Gasteiger partial charge in [-0.15, -0.1) is 0 Å². The van der Waals surface area contributed by atoms with E-state index in [9.17, 15) is 4.39 Å². The van der Waals surface area contributed by atoms with Crippen LogP contribution in [-0.2, 0) is 0 Å². The molecule has 1 N–H and O–H groups in total. The third-order valence-electron chi connectivity index (χ3n) is 1.69. The lowest BCUT2D eigenvalue weighted by Gasteiger charge is -2.09. The van der Waals surface area contributed by atoms with Crippen LogP contribution in [0.25, 0.3) is 0 Å². The average Bonchev–Trinajstić information content (AvgIpc) is 2.08. The van der Waals surface area contributed by atoms with Gasteiger partial charge >= 0.3 is 0 Å². The van der Waals surface area contributed by atoms with Gasteiger partial charge in [0.25, 0.3) is 0 Å². The minimum absolute atomic E-state index is 0.306. The number of hydrogen-bond donors (Lipinski definition) is 1. The topological polar surface area (TPSA) is 29.5 Å². The molecule has 1 rings (SSSR count). The van der Waals surface area contributed by atoms with Crippen LogP contribution in [0.15, 0.2) is 22.7 Å². The highest BCUT2D eigenvalue weighted by molar-refractivity contribution is 9.10. The Balaban J connectivity index is 2.51. The van der Waals surface area contributed by atoms with Gasteiger partial charge in [0.2, 0.25) is 0 Å². The molecular formula is C10H12BrFO2. The van der Waals surface area contributed by atoms with E-state index >= 15 is 0 Å². The largest absolute Gasteiger partial charge is 0.492 e. The Bertz CT molecular complexity index is 302. The quantitative estimate of drug-likeness (QED) is 0.905. The van der Waals surface area contributed by atoms with Crippen molar-refractivity contribution in [2.75, 3.05) is 6.61 Å². The summed E-state index contributed by atoms with van der Waals surface area (Å²) in [5.74, 6) is 0.284. The lowest BCUT2D eigenvalue weighted by Crippen LogP contribution is -2.07. The standard InChI is InChI=1S/C10H12BrFO2/c1-7(13)4-5-14-10-3-2-8(12)6-9(10)11/h2-3,6-7,13H,4-5H2,1H3. The zero-order valence-electron chi connectivity index (χ0n) is 7.84. The molecule has 0 aromatic heterocycles. The Labute approximate surface area is 90.8 Å². The van der Waals surface area contributed by atoms with E-state index < -0.39 is 0 Å². The highest BCUT2D eigenvalue weighted by atomic mass is 79.9. The van der Waals surface area contributed by atoms with Crippen molar-refractivity contribution in [1.82, 2.24) is 0 Å². The summed E-state index contributed by atoms with van der Waals surface area (Å²) in [6.45, 7) is 2.12. The van der Waals surface area contributed by atoms with E-state index in [1.165, 1.54) is 12.1 Å². The Morgan fingerprint density at radius 2 is 2.29 bits per heavy atom. The molecule has 0 aliphatic heterocycles. The first-order valence-electron chi connectivity index (χ1n) is 4.35. The molecule has 0 saturated carbocycles. The molecule has 0 aliphatic carbocycles. The van der Waals surface area contributed by atoms with Crippen LogP contribution >= 0.6 is 15.9 Å². The Kier molecular flexibility index (Phi) is 4.35. The van der Waals surface area contributed by atoms with Gasteiger partial charge in [0.05, 0.1) is 17.2 Å². The summed E-state index contributed by atoms with van der Waals surface area (Å²) < 4.78 is 18.6. The molecule has 0 radical (unpaired) electrons. The number of aliphatic hydroxyl groups is 1. The lowest BCUT2D eigenvalue weighted by molar-refractivity contribution is 0.155. The predicted molar refractivity (Wildman–Crippen MR) is 55.9 cm³/mol. The van der Waals surface area contributed by atoms with Crippen LogP contribution in [0.2, 0.25) is 0 Å². The first kappa shape index (κ1) is 11.5. The Morgan fingerprint density at radius 1 is 1.57 bits per heavy atom. The third-order valence-corrected chi connectivity index (χ3v) is 2.31. The fourth-order valence-corrected chi connectivity index (χ4v) is 1.40. The van der Waals surface area contributed by atoms with E-state index in [1.54, 1.807) is 13.0 Å². The van der Waals surface area contributed by atoms with E-state index in [0.29, 0.717) is 23.2 Å². The summed E-state index contributed by atoms with van der Waals surface area (Å²) in [6.07, 6.45) is 0.179. The van der Waals surface area contributed by atoms with Crippen LogP contribution in [-0.4, -0.2) is 17.8 Å². The molecule has 0 heterocycles. The van der Waals surface area contributed by atoms with Gasteiger partial charge in [0.1, 0.15) is 11.6 Å². The fraction of sp³-hybridized carbons (Fsp3) is 0.400. The zero-order chi connectivity index (χ0) is 10.6. The maximum absolute atomic E-state index is 12.7. The molecular weight excluding hydrogens is 251 g/mol. The Hall–Kier alpha value is -0.610. The van der Waals surface area contributed by atoms with Crippen molar-refractivity contribution < 1.29 is 14.2 Å². The molecule has 1 atom stereocenters. The molecule has 78 valence electrons. The number of aliphatic hydroxyl groups excluding tert-OH is 1. The molecule has 2 nitrogen and oxygen atoms in total. The first-order valence-corrected chi connectivity index (χ1v) is 5.15. The lowest BCUT2D eigenvalue weighted by atomic mass is 10.3. The number of halogens is 2. The summed E-state index contributed by atoms with van der Waals surface area (Å²) in [6, 6.07) is 4.24. The van der Waals surface area contributed by atoms with Gasteiger partial charge in [-0.25, -0.2) is 4.39 Å². The molecule has 0 bridgehead atoms. The molecule has 14 heavy (non-hydrogen) atoms. The van der Waals surface area contributed by atoms with Crippen LogP contribution in [0, 0.1) is 5.82 Å². The second-order valence-electron chi connectivity index (χ2n) is 3.06. The molecule has 0 spiro atoms. The second kappa shape index (κ2) is 5.32. The summed E-state index contributed by atoms with van der Waals surface area (Å²) >= 11 is 3.19. The summed E-state index contributed by atoms with van der Waals surface area (Å²) in [7, 11) is 0. The molecule has 0 aliphatic rings. The van der Waals surface area contributed by atoms with Crippen molar-refractivity contribution in [1.29, 1.82) is 0 Å². The minimum atomic E-state index is -0.380. The van der Waals surface area contributed by atoms with Crippen molar-refractivity contribution >= 4 is 15.9 Å². The van der Waals surface area contributed by atoms with Crippen molar-refractivity contribution in [2.24, 2.45) is 0 Å². The molecule has 4 heteroatoms. The number of benzene rings is 1. The van der Waals surface area contributed by atoms with E-state index in [1.807, 2.05) is 0 Å². The van der Waals surface area contributed by atoms with Crippen LogP contribution in [0.3, 0.4) is 0 Å². The summed E-state index contributed by atoms with van der Waals surface area (Å²) in [4.78, 5) is 0. The molecule has 1 unspecified atom stereocenters. The van der Waals surface area contributed by atoms with Gasteiger partial charge in [-0.3, -0.25) is 0 Å². The number of hydrogen-bond acceptors (Lipinski definition) is 2. The molecule has 0 saturated heterocycles. The molecule has 1 aromatic rings. The highest BCUT2D eigenvalue weighted by Crippen LogP contribution is 2.25. The Morgan fingerprint density at radius 3 is 2.86 bits per heavy atom. The van der Waals surface area contributed by atoms with Crippen molar-refractivity contribution in [3.63, 3.8) is 0 Å². The normalized spacial score (nSPS) is 12.6. The van der Waals surface area contributed by atoms with Crippen molar-refractivity contribution in [2.45, 2.75) is 19.4 Å². The van der Waals surface area contributed by atoms with Gasteiger partial charge in [-0.1, -0.05) is 0 Å². The van der Waals surface area contributed by atoms with Crippen LogP contribution < -0.4 is 4.74 Å². The number of ether oxygens (including phenoxy) is 1. The van der Waals surface area contributed by atoms with E-state index in [2.05, 4.69) is 15.9 Å². The summed E-state index contributed by atoms with van der Waals surface area (Å²) in [5, 5.41) is 8.99. The van der Waals surface area contributed by atoms with Crippen molar-refractivity contribution in [3.05, 3.63) is 28.5 Å². The zero-order valence-corrected chi connectivity index (χ0v) is 9.42. The molecule has 0 fully saturated rings.